The molecule has 10 nitrogen and oxygen atoms in total. The number of benzene rings is 1. The minimum atomic E-state index is -0.469. The van der Waals surface area contributed by atoms with E-state index in [1.165, 1.54) is 16.4 Å². The van der Waals surface area contributed by atoms with Crippen molar-refractivity contribution in [2.24, 2.45) is 7.05 Å². The molecule has 246 valence electrons. The molecule has 6 rings (SSSR count). The van der Waals surface area contributed by atoms with Crippen LogP contribution in [0.5, 0.6) is 5.88 Å². The van der Waals surface area contributed by atoms with Crippen LogP contribution in [0.4, 0.5) is 4.79 Å². The van der Waals surface area contributed by atoms with Crippen molar-refractivity contribution in [2.45, 2.75) is 76.8 Å². The molecular weight excluding hydrogens is 584 g/mol. The second kappa shape index (κ2) is 14.4. The number of ether oxygens (including phenoxy) is 5. The average molecular weight is 631 g/mol. The number of nitrogens with zero attached hydrogens (tertiary/aromatic N) is 4. The molecule has 46 heavy (non-hydrogen) atoms. The van der Waals surface area contributed by atoms with Crippen LogP contribution in [0, 0.1) is 0 Å². The Morgan fingerprint density at radius 1 is 0.848 bits per heavy atom. The Balaban J connectivity index is 0.817. The summed E-state index contributed by atoms with van der Waals surface area (Å²) >= 11 is 0. The van der Waals surface area contributed by atoms with Crippen LogP contribution >= 0.6 is 0 Å². The highest BCUT2D eigenvalue weighted by Crippen LogP contribution is 2.32. The summed E-state index contributed by atoms with van der Waals surface area (Å²) in [6.45, 7) is 9.43. The lowest BCUT2D eigenvalue weighted by molar-refractivity contribution is -0.0685. The van der Waals surface area contributed by atoms with E-state index in [1.807, 2.05) is 45.4 Å². The fraction of sp³-hybridized carbons (Fsp3) is 0.528. The number of rotatable bonds is 12. The van der Waals surface area contributed by atoms with Crippen LogP contribution in [0.15, 0.2) is 55.0 Å². The molecule has 2 aliphatic rings. The number of hydrogen-bond acceptors (Lipinski definition) is 8. The summed E-state index contributed by atoms with van der Waals surface area (Å²) in [5.74, 6) is 0.646. The number of fused-ring (bicyclic) bond motifs is 3. The molecule has 4 aromatic rings. The zero-order valence-electron chi connectivity index (χ0n) is 27.4. The Kier molecular flexibility index (Phi) is 10.1. The lowest BCUT2D eigenvalue weighted by atomic mass is 9.92. The summed E-state index contributed by atoms with van der Waals surface area (Å²) in [6.07, 6.45) is 10.2. The second-order valence-electron chi connectivity index (χ2n) is 13.3. The molecule has 0 radical (unpaired) electrons. The van der Waals surface area contributed by atoms with Gasteiger partial charge < -0.3 is 33.2 Å². The fourth-order valence-electron chi connectivity index (χ4n) is 6.09. The molecule has 0 unspecified atom stereocenters. The van der Waals surface area contributed by atoms with Gasteiger partial charge in [0, 0.05) is 92.7 Å². The van der Waals surface area contributed by atoms with Gasteiger partial charge in [0.05, 0.1) is 30.9 Å². The average Bonchev–Trinajstić information content (AvgIpc) is 3.31. The van der Waals surface area contributed by atoms with Crippen LogP contribution in [0.2, 0.25) is 0 Å². The molecule has 1 saturated heterocycles. The van der Waals surface area contributed by atoms with Crippen molar-refractivity contribution in [1.29, 1.82) is 0 Å². The third-order valence-electron chi connectivity index (χ3n) is 8.68. The van der Waals surface area contributed by atoms with Crippen molar-refractivity contribution in [2.75, 3.05) is 39.5 Å². The number of likely N-dealkylation sites (tertiary alicyclic amines) is 1. The van der Waals surface area contributed by atoms with Gasteiger partial charge >= 0.3 is 6.09 Å². The zero-order chi connectivity index (χ0) is 32.1. The Bertz CT molecular complexity index is 1600. The predicted molar refractivity (Wildman–Crippen MR) is 177 cm³/mol. The predicted octanol–water partition coefficient (Wildman–Crippen LogP) is 6.54. The van der Waals surface area contributed by atoms with Crippen molar-refractivity contribution in [3.05, 3.63) is 55.0 Å². The van der Waals surface area contributed by atoms with E-state index in [2.05, 4.69) is 51.9 Å². The van der Waals surface area contributed by atoms with Gasteiger partial charge in [0.2, 0.25) is 5.88 Å². The van der Waals surface area contributed by atoms with Crippen LogP contribution in [0.3, 0.4) is 0 Å². The minimum Gasteiger partial charge on any atom is -0.474 e. The number of carbonyl (C=O) groups excluding carboxylic acids is 1. The molecule has 10 heteroatoms. The Morgan fingerprint density at radius 2 is 1.63 bits per heavy atom. The minimum absolute atomic E-state index is 0.133. The SMILES string of the molecule is Cn1c2ccncc2c2ccc(-c3ccc(OC4CC(OCCCOCCOC5CCN(C(=O)OC(C)(C)C)CC5)C4)nc3)cc21. The number of aryl methyl sites for hydroxylation is 1. The molecule has 1 amide bonds. The third-order valence-corrected chi connectivity index (χ3v) is 8.68. The van der Waals surface area contributed by atoms with Crippen LogP contribution in [0.1, 0.15) is 52.9 Å². The van der Waals surface area contributed by atoms with Crippen LogP contribution in [-0.2, 0) is 26.0 Å². The molecular formula is C36H46N4O6. The Hall–Kier alpha value is -3.73. The van der Waals surface area contributed by atoms with Gasteiger partial charge in [-0.2, -0.15) is 0 Å². The van der Waals surface area contributed by atoms with Gasteiger partial charge in [0.1, 0.15) is 11.7 Å². The van der Waals surface area contributed by atoms with Gasteiger partial charge in [0.15, 0.2) is 0 Å². The van der Waals surface area contributed by atoms with Gasteiger partial charge in [-0.3, -0.25) is 4.98 Å². The van der Waals surface area contributed by atoms with Crippen LogP contribution in [-0.4, -0.2) is 89.0 Å². The molecule has 1 aliphatic carbocycles. The second-order valence-corrected chi connectivity index (χ2v) is 13.3. The van der Waals surface area contributed by atoms with E-state index < -0.39 is 5.60 Å². The highest BCUT2D eigenvalue weighted by atomic mass is 16.6. The number of hydrogen-bond donors (Lipinski definition) is 0. The first-order chi connectivity index (χ1) is 22.2. The maximum absolute atomic E-state index is 12.2. The van der Waals surface area contributed by atoms with Gasteiger partial charge in [-0.1, -0.05) is 12.1 Å². The standard InChI is InChI=1S/C36H46N4O6/c1-36(2,3)46-35(41)40-14-11-27(12-15-40)44-19-18-42-16-5-17-43-28-21-29(22-28)45-34-9-7-26(23-38-34)25-6-8-30-31-24-37-13-10-32(31)39(4)33(30)20-25/h6-10,13,20,23-24,27-29H,5,11-12,14-19,21-22H2,1-4H3. The normalized spacial score (nSPS) is 19.0. The van der Waals surface area contributed by atoms with E-state index in [0.717, 1.165) is 48.6 Å². The number of pyridine rings is 2. The quantitative estimate of drug-likeness (QED) is 0.163. The summed E-state index contributed by atoms with van der Waals surface area (Å²) in [5.41, 5.74) is 4.06. The van der Waals surface area contributed by atoms with Crippen molar-refractivity contribution >= 4 is 27.9 Å². The maximum Gasteiger partial charge on any atom is 0.410 e. The molecule has 4 heterocycles. The Labute approximate surface area is 270 Å². The number of piperidine rings is 1. The summed E-state index contributed by atoms with van der Waals surface area (Å²) in [7, 11) is 2.09. The zero-order valence-corrected chi connectivity index (χ0v) is 27.4. The van der Waals surface area contributed by atoms with Crippen molar-refractivity contribution in [3.8, 4) is 17.0 Å². The molecule has 0 spiro atoms. The van der Waals surface area contributed by atoms with Gasteiger partial charge in [-0.15, -0.1) is 0 Å². The van der Waals surface area contributed by atoms with E-state index in [1.54, 1.807) is 4.90 Å². The first-order valence-electron chi connectivity index (χ1n) is 16.5. The van der Waals surface area contributed by atoms with E-state index in [0.29, 0.717) is 45.4 Å². The highest BCUT2D eigenvalue weighted by molar-refractivity contribution is 6.08. The first-order valence-corrected chi connectivity index (χ1v) is 16.5. The summed E-state index contributed by atoms with van der Waals surface area (Å²) in [4.78, 5) is 22.8. The van der Waals surface area contributed by atoms with Gasteiger partial charge in [-0.05, 0) is 63.8 Å². The summed E-state index contributed by atoms with van der Waals surface area (Å²) in [6, 6.07) is 12.6. The van der Waals surface area contributed by atoms with Gasteiger partial charge in [-0.25, -0.2) is 9.78 Å². The molecule has 0 bridgehead atoms. The monoisotopic (exact) mass is 630 g/mol. The summed E-state index contributed by atoms with van der Waals surface area (Å²) < 4.78 is 31.4. The fourth-order valence-corrected chi connectivity index (χ4v) is 6.09. The molecule has 1 saturated carbocycles. The molecule has 1 aliphatic heterocycles. The molecule has 1 aromatic carbocycles. The smallest absolute Gasteiger partial charge is 0.410 e. The van der Waals surface area contributed by atoms with Crippen molar-refractivity contribution < 1.29 is 28.5 Å². The lowest BCUT2D eigenvalue weighted by Crippen LogP contribution is -2.43. The molecule has 2 fully saturated rings. The largest absolute Gasteiger partial charge is 0.474 e. The van der Waals surface area contributed by atoms with Crippen molar-refractivity contribution in [3.63, 3.8) is 0 Å². The van der Waals surface area contributed by atoms with E-state index in [-0.39, 0.29) is 24.4 Å². The summed E-state index contributed by atoms with van der Waals surface area (Å²) in [5, 5.41) is 2.37. The third kappa shape index (κ3) is 7.97. The van der Waals surface area contributed by atoms with E-state index in [9.17, 15) is 4.79 Å². The van der Waals surface area contributed by atoms with E-state index in [4.69, 9.17) is 23.7 Å². The number of aromatic nitrogens is 3. The molecule has 0 atom stereocenters. The van der Waals surface area contributed by atoms with Gasteiger partial charge in [0.25, 0.3) is 0 Å². The molecule has 3 aromatic heterocycles. The first kappa shape index (κ1) is 32.2. The lowest BCUT2D eigenvalue weighted by Gasteiger charge is -2.34. The topological polar surface area (TPSA) is 97.2 Å². The maximum atomic E-state index is 12.2. The number of carbonyl (C=O) groups is 1. The van der Waals surface area contributed by atoms with Crippen LogP contribution in [0.25, 0.3) is 32.9 Å². The highest BCUT2D eigenvalue weighted by Gasteiger charge is 2.32. The van der Waals surface area contributed by atoms with Crippen LogP contribution < -0.4 is 4.74 Å². The number of amides is 1. The van der Waals surface area contributed by atoms with Crippen molar-refractivity contribution in [1.82, 2.24) is 19.4 Å². The van der Waals surface area contributed by atoms with E-state index >= 15 is 0 Å². The molecule has 0 N–H and O–H groups in total. The Morgan fingerprint density at radius 3 is 2.39 bits per heavy atom.